The Hall–Kier alpha value is -5.71. The van der Waals surface area contributed by atoms with Crippen molar-refractivity contribution in [3.8, 4) is 22.6 Å². The molecular weight excluding hydrogens is 887 g/mol. The molecule has 69 heavy (non-hydrogen) atoms. The SMILES string of the molecule is CCCCCC[C@H](NC)C(=O)C[C@@H](CCNC(=O)OC(C)(C)C)C(=O)N(C)[C@@H]1C(=O)C[C@@H](C)C(=O)N[C@H](C(=O)OC)Cc2ccc(OCCNC(=O)OC(C)(C)C)c(c2)-c2cc1ccc2OCCC. The van der Waals surface area contributed by atoms with Crippen molar-refractivity contribution >= 4 is 41.5 Å². The molecule has 17 nitrogen and oxygen atoms in total. The number of benzene rings is 2. The summed E-state index contributed by atoms with van der Waals surface area (Å²) in [6.45, 7) is 16.6. The van der Waals surface area contributed by atoms with Gasteiger partial charge in [-0.1, -0.05) is 58.6 Å². The maximum absolute atomic E-state index is 15.0. The van der Waals surface area contributed by atoms with Crippen molar-refractivity contribution in [3.63, 3.8) is 0 Å². The zero-order valence-corrected chi connectivity index (χ0v) is 43.1. The molecule has 1 heterocycles. The summed E-state index contributed by atoms with van der Waals surface area (Å²) in [7, 11) is 4.44. The minimum absolute atomic E-state index is 0.00433. The number of ether oxygens (including phenoxy) is 5. The van der Waals surface area contributed by atoms with Gasteiger partial charge < -0.3 is 49.9 Å². The number of amides is 4. The van der Waals surface area contributed by atoms with E-state index in [0.717, 1.165) is 25.7 Å². The van der Waals surface area contributed by atoms with Gasteiger partial charge in [0.05, 0.1) is 26.3 Å². The molecule has 1 aliphatic heterocycles. The van der Waals surface area contributed by atoms with Gasteiger partial charge in [0.25, 0.3) is 0 Å². The average Bonchev–Trinajstić information content (AvgIpc) is 3.27. The molecule has 0 radical (unpaired) electrons. The molecule has 1 aliphatic rings. The Labute approximate surface area is 409 Å². The van der Waals surface area contributed by atoms with Crippen molar-refractivity contribution in [2.24, 2.45) is 11.8 Å². The minimum Gasteiger partial charge on any atom is -0.493 e. The monoisotopic (exact) mass is 966 g/mol. The lowest BCUT2D eigenvalue weighted by atomic mass is 9.88. The summed E-state index contributed by atoms with van der Waals surface area (Å²) < 4.78 is 28.5. The number of methoxy groups -OCH3 is 1. The molecule has 2 aromatic rings. The lowest BCUT2D eigenvalue weighted by molar-refractivity contribution is -0.146. The van der Waals surface area contributed by atoms with Crippen LogP contribution in [-0.4, -0.2) is 117 Å². The minimum atomic E-state index is -1.28. The van der Waals surface area contributed by atoms with E-state index >= 15 is 4.79 Å². The standard InChI is InChI=1S/C52H79N5O12/c1-13-15-16-17-18-39(53-10)41(58)32-36(23-24-54-49(63)68-51(4,5)6)47(61)57(11)45-35-20-22-44(66-26-14-2)38(31-35)37-29-34(19-21-43(37)67-27-25-55-50(64)69-52(7,8)9)30-40(48(62)65-12)56-46(60)33(3)28-42(45)59/h19-22,29,31,33,36,39-40,45,53H,13-18,23-28,30,32H2,1-12H3,(H,54,63)(H,55,64)(H,56,60)/t33-,36-,39+,40+,45+/m1/s1. The summed E-state index contributed by atoms with van der Waals surface area (Å²) in [6.07, 6.45) is 3.44. The van der Waals surface area contributed by atoms with E-state index in [1.54, 1.807) is 91.9 Å². The first kappa shape index (κ1) is 57.6. The maximum atomic E-state index is 15.0. The number of fused-ring (bicyclic) bond motifs is 5. The molecule has 5 atom stereocenters. The van der Waals surface area contributed by atoms with E-state index in [1.807, 2.05) is 6.92 Å². The normalized spacial score (nSPS) is 17.2. The molecule has 17 heteroatoms. The van der Waals surface area contributed by atoms with E-state index in [4.69, 9.17) is 23.7 Å². The molecule has 2 aromatic carbocycles. The van der Waals surface area contributed by atoms with Crippen molar-refractivity contribution in [2.75, 3.05) is 47.5 Å². The first-order valence-electron chi connectivity index (χ1n) is 24.4. The number of likely N-dealkylation sites (N-methyl/N-ethyl adjacent to an activating group) is 2. The Morgan fingerprint density at radius 1 is 0.783 bits per heavy atom. The van der Waals surface area contributed by atoms with Crippen LogP contribution in [0.4, 0.5) is 9.59 Å². The third kappa shape index (κ3) is 19.0. The summed E-state index contributed by atoms with van der Waals surface area (Å²) in [5, 5.41) is 11.3. The van der Waals surface area contributed by atoms with Gasteiger partial charge in [-0.3, -0.25) is 19.2 Å². The predicted octanol–water partition coefficient (Wildman–Crippen LogP) is 7.40. The Balaban J connectivity index is 2.22. The summed E-state index contributed by atoms with van der Waals surface area (Å²) in [4.78, 5) is 97.4. The van der Waals surface area contributed by atoms with Gasteiger partial charge in [-0.05, 0) is 103 Å². The Bertz CT molecular complexity index is 2060. The molecule has 0 aliphatic carbocycles. The van der Waals surface area contributed by atoms with Crippen LogP contribution in [0, 0.1) is 11.8 Å². The number of hydrogen-bond acceptors (Lipinski definition) is 13. The van der Waals surface area contributed by atoms with Crippen molar-refractivity contribution in [1.29, 1.82) is 0 Å². The van der Waals surface area contributed by atoms with Gasteiger partial charge in [-0.25, -0.2) is 14.4 Å². The van der Waals surface area contributed by atoms with Crippen LogP contribution in [0.25, 0.3) is 11.1 Å². The molecule has 384 valence electrons. The number of ketones is 2. The molecule has 0 aromatic heterocycles. The fraction of sp³-hybridized carbons (Fsp3) is 0.635. The quantitative estimate of drug-likeness (QED) is 0.0515. The second-order valence-electron chi connectivity index (χ2n) is 19.7. The van der Waals surface area contributed by atoms with Gasteiger partial charge >= 0.3 is 18.2 Å². The maximum Gasteiger partial charge on any atom is 0.407 e. The second-order valence-corrected chi connectivity index (χ2v) is 19.7. The summed E-state index contributed by atoms with van der Waals surface area (Å²) in [5.74, 6) is -3.52. The molecule has 0 saturated carbocycles. The first-order chi connectivity index (χ1) is 32.5. The topological polar surface area (TPSA) is 217 Å². The number of nitrogens with one attached hydrogen (secondary N) is 4. The van der Waals surface area contributed by atoms with E-state index in [0.29, 0.717) is 53.2 Å². The van der Waals surface area contributed by atoms with Crippen LogP contribution in [0.3, 0.4) is 0 Å². The number of carbonyl (C=O) groups is 7. The molecule has 4 N–H and O–H groups in total. The molecule has 3 rings (SSSR count). The van der Waals surface area contributed by atoms with Gasteiger partial charge in [-0.2, -0.15) is 0 Å². The average molecular weight is 966 g/mol. The van der Waals surface area contributed by atoms with Crippen LogP contribution < -0.4 is 30.7 Å². The number of Topliss-reactive ketones (excluding diaryl/α,β-unsaturated/α-hetero) is 2. The zero-order chi connectivity index (χ0) is 51.5. The summed E-state index contributed by atoms with van der Waals surface area (Å²) in [5.41, 5.74) is 0.578. The van der Waals surface area contributed by atoms with Crippen LogP contribution in [0.1, 0.15) is 137 Å². The number of alkyl carbamates (subject to hydrolysis) is 2. The number of esters is 1. The van der Waals surface area contributed by atoms with Crippen molar-refractivity contribution in [2.45, 2.75) is 156 Å². The summed E-state index contributed by atoms with van der Waals surface area (Å²) in [6, 6.07) is 7.56. The molecule has 0 spiro atoms. The number of rotatable bonds is 22. The van der Waals surface area contributed by atoms with E-state index in [2.05, 4.69) is 28.2 Å². The lowest BCUT2D eigenvalue weighted by Crippen LogP contribution is -2.46. The Morgan fingerprint density at radius 3 is 1.99 bits per heavy atom. The van der Waals surface area contributed by atoms with Crippen molar-refractivity contribution in [3.05, 3.63) is 47.5 Å². The van der Waals surface area contributed by atoms with Gasteiger partial charge in [0, 0.05) is 55.8 Å². The third-order valence-electron chi connectivity index (χ3n) is 11.4. The van der Waals surface area contributed by atoms with Gasteiger partial charge in [-0.15, -0.1) is 0 Å². The highest BCUT2D eigenvalue weighted by Gasteiger charge is 2.37. The van der Waals surface area contributed by atoms with Gasteiger partial charge in [0.1, 0.15) is 41.4 Å². The van der Waals surface area contributed by atoms with Crippen LogP contribution in [0.5, 0.6) is 11.5 Å². The molecule has 0 fully saturated rings. The summed E-state index contributed by atoms with van der Waals surface area (Å²) >= 11 is 0. The highest BCUT2D eigenvalue weighted by atomic mass is 16.6. The van der Waals surface area contributed by atoms with E-state index < -0.39 is 76.9 Å². The Morgan fingerprint density at radius 2 is 1.39 bits per heavy atom. The van der Waals surface area contributed by atoms with Gasteiger partial charge in [0.15, 0.2) is 11.6 Å². The first-order valence-corrected chi connectivity index (χ1v) is 24.4. The van der Waals surface area contributed by atoms with Crippen LogP contribution in [0.2, 0.25) is 0 Å². The fourth-order valence-corrected chi connectivity index (χ4v) is 7.97. The zero-order valence-electron chi connectivity index (χ0n) is 43.1. The molecule has 0 unspecified atom stereocenters. The lowest BCUT2D eigenvalue weighted by Gasteiger charge is -2.32. The van der Waals surface area contributed by atoms with Crippen LogP contribution in [-0.2, 0) is 44.6 Å². The number of nitrogens with zero attached hydrogens (tertiary/aromatic N) is 1. The van der Waals surface area contributed by atoms with E-state index in [1.165, 1.54) is 19.1 Å². The molecular formula is C52H79N5O12. The molecule has 0 saturated heterocycles. The van der Waals surface area contributed by atoms with Crippen LogP contribution >= 0.6 is 0 Å². The van der Waals surface area contributed by atoms with Crippen LogP contribution in [0.15, 0.2) is 36.4 Å². The third-order valence-corrected chi connectivity index (χ3v) is 11.4. The molecule has 4 amide bonds. The highest BCUT2D eigenvalue weighted by molar-refractivity contribution is 5.96. The Kier molecular flexibility index (Phi) is 22.9. The second kappa shape index (κ2) is 27.5. The van der Waals surface area contributed by atoms with Crippen molar-refractivity contribution < 1.29 is 57.2 Å². The number of unbranched alkanes of at least 4 members (excludes halogenated alkanes) is 3. The van der Waals surface area contributed by atoms with E-state index in [-0.39, 0.29) is 51.2 Å². The number of hydrogen-bond donors (Lipinski definition) is 4. The smallest absolute Gasteiger partial charge is 0.407 e. The molecule has 4 bridgehead atoms. The van der Waals surface area contributed by atoms with Crippen molar-refractivity contribution in [1.82, 2.24) is 26.2 Å². The predicted molar refractivity (Wildman–Crippen MR) is 263 cm³/mol. The fourth-order valence-electron chi connectivity index (χ4n) is 7.97. The van der Waals surface area contributed by atoms with Gasteiger partial charge in [0.2, 0.25) is 11.8 Å². The number of carbonyl (C=O) groups excluding carboxylic acids is 7. The highest BCUT2D eigenvalue weighted by Crippen LogP contribution is 2.41. The van der Waals surface area contributed by atoms with E-state index in [9.17, 15) is 28.8 Å². The largest absolute Gasteiger partial charge is 0.493 e.